The van der Waals surface area contributed by atoms with Gasteiger partial charge in [0.15, 0.2) is 6.29 Å². The summed E-state index contributed by atoms with van der Waals surface area (Å²) in [4.78, 5) is 11.4. The molecule has 0 atom stereocenters. The molecule has 0 radical (unpaired) electrons. The summed E-state index contributed by atoms with van der Waals surface area (Å²) in [7, 11) is 0. The second-order valence-corrected chi connectivity index (χ2v) is 6.02. The second-order valence-electron chi connectivity index (χ2n) is 6.02. The zero-order valence-corrected chi connectivity index (χ0v) is 12.6. The highest BCUT2D eigenvalue weighted by molar-refractivity contribution is 5.84. The smallest absolute Gasteiger partial charge is 0.154 e. The highest BCUT2D eigenvalue weighted by Gasteiger charge is 2.25. The maximum Gasteiger partial charge on any atom is 0.154 e. The molecule has 0 spiro atoms. The van der Waals surface area contributed by atoms with Gasteiger partial charge in [-0.05, 0) is 37.8 Å². The molecular weight excluding hydrogens is 236 g/mol. The van der Waals surface area contributed by atoms with Gasteiger partial charge in [0, 0.05) is 11.1 Å². The maximum absolute atomic E-state index is 11.4. The van der Waals surface area contributed by atoms with Crippen molar-refractivity contribution < 1.29 is 9.53 Å². The van der Waals surface area contributed by atoms with Crippen LogP contribution in [0.4, 0.5) is 0 Å². The highest BCUT2D eigenvalue weighted by atomic mass is 16.5. The third-order valence-corrected chi connectivity index (χ3v) is 3.02. The lowest BCUT2D eigenvalue weighted by Crippen LogP contribution is -2.18. The Morgan fingerprint density at radius 2 is 1.95 bits per heavy atom. The van der Waals surface area contributed by atoms with E-state index in [2.05, 4.69) is 26.7 Å². The lowest BCUT2D eigenvalue weighted by molar-refractivity contribution is 0.111. The molecule has 2 heteroatoms. The average Bonchev–Trinajstić information content (AvgIpc) is 2.27. The van der Waals surface area contributed by atoms with E-state index in [1.54, 1.807) is 0 Å². The molecule has 0 bridgehead atoms. The van der Waals surface area contributed by atoms with Crippen molar-refractivity contribution in [1.29, 1.82) is 0 Å². The van der Waals surface area contributed by atoms with Gasteiger partial charge in [-0.15, -0.1) is 6.42 Å². The summed E-state index contributed by atoms with van der Waals surface area (Å²) in [5.74, 6) is 3.31. The Hall–Kier alpha value is -1.75. The number of hydrogen-bond donors (Lipinski definition) is 0. The molecule has 0 amide bonds. The topological polar surface area (TPSA) is 26.3 Å². The Bertz CT molecular complexity index is 526. The lowest BCUT2D eigenvalue weighted by Gasteiger charge is -2.26. The van der Waals surface area contributed by atoms with E-state index in [-0.39, 0.29) is 11.5 Å². The number of carbonyl (C=O) groups excluding carboxylic acids is 1. The Kier molecular flexibility index (Phi) is 4.42. The van der Waals surface area contributed by atoms with Crippen LogP contribution in [0, 0.1) is 19.3 Å². The summed E-state index contributed by atoms with van der Waals surface area (Å²) in [5, 5.41) is 0. The van der Waals surface area contributed by atoms with Gasteiger partial charge in [0.2, 0.25) is 0 Å². The fraction of sp³-hybridized carbons (Fsp3) is 0.471. The number of aldehydes is 1. The molecule has 0 saturated heterocycles. The predicted octanol–water partition coefficient (Wildman–Crippen LogP) is 3.87. The molecule has 0 aliphatic heterocycles. The Morgan fingerprint density at radius 3 is 2.32 bits per heavy atom. The first-order valence-corrected chi connectivity index (χ1v) is 6.48. The molecule has 0 aromatic heterocycles. The first-order valence-electron chi connectivity index (χ1n) is 6.48. The normalized spacial score (nSPS) is 11.3. The number of terminal acetylenes is 1. The minimum atomic E-state index is -0.138. The third kappa shape index (κ3) is 3.17. The van der Waals surface area contributed by atoms with Crippen molar-refractivity contribution >= 4 is 6.29 Å². The first kappa shape index (κ1) is 15.3. The minimum absolute atomic E-state index is 0.0101. The van der Waals surface area contributed by atoms with Gasteiger partial charge in [-0.2, -0.15) is 0 Å². The Balaban J connectivity index is 3.69. The summed E-state index contributed by atoms with van der Waals surface area (Å²) in [6.45, 7) is 12.0. The predicted molar refractivity (Wildman–Crippen MR) is 79.0 cm³/mol. The van der Waals surface area contributed by atoms with Crippen LogP contribution in [0.5, 0.6) is 5.75 Å². The molecule has 2 nitrogen and oxygen atoms in total. The van der Waals surface area contributed by atoms with Crippen LogP contribution in [0.15, 0.2) is 6.07 Å². The van der Waals surface area contributed by atoms with Crippen LogP contribution in [0.1, 0.15) is 61.7 Å². The summed E-state index contributed by atoms with van der Waals surface area (Å²) in [5.41, 5.74) is 2.96. The van der Waals surface area contributed by atoms with E-state index in [9.17, 15) is 4.79 Å². The molecule has 0 heterocycles. The number of ether oxygens (including phenoxy) is 1. The second kappa shape index (κ2) is 5.48. The number of hydrogen-bond acceptors (Lipinski definition) is 2. The van der Waals surface area contributed by atoms with Gasteiger partial charge < -0.3 is 4.74 Å². The summed E-state index contributed by atoms with van der Waals surface area (Å²) >= 11 is 0. The molecule has 0 aliphatic carbocycles. The number of carbonyl (C=O) groups is 1. The monoisotopic (exact) mass is 258 g/mol. The average molecular weight is 258 g/mol. The van der Waals surface area contributed by atoms with E-state index < -0.39 is 0 Å². The highest BCUT2D eigenvalue weighted by Crippen LogP contribution is 2.37. The van der Waals surface area contributed by atoms with Gasteiger partial charge in [-0.25, -0.2) is 0 Å². The molecule has 1 rings (SSSR count). The van der Waals surface area contributed by atoms with E-state index in [0.29, 0.717) is 11.3 Å². The molecule has 0 unspecified atom stereocenters. The Labute approximate surface area is 116 Å². The van der Waals surface area contributed by atoms with Gasteiger partial charge >= 0.3 is 0 Å². The molecule has 0 N–H and O–H groups in total. The summed E-state index contributed by atoms with van der Waals surface area (Å²) < 4.78 is 5.87. The minimum Gasteiger partial charge on any atom is -0.490 e. The number of benzene rings is 1. The lowest BCUT2D eigenvalue weighted by atomic mass is 9.82. The van der Waals surface area contributed by atoms with E-state index in [4.69, 9.17) is 11.2 Å². The zero-order valence-electron chi connectivity index (χ0n) is 12.6. The Morgan fingerprint density at radius 1 is 1.37 bits per heavy atom. The van der Waals surface area contributed by atoms with Crippen molar-refractivity contribution in [2.24, 2.45) is 0 Å². The van der Waals surface area contributed by atoms with Crippen LogP contribution in [0.25, 0.3) is 0 Å². The molecule has 0 aliphatic rings. The van der Waals surface area contributed by atoms with Crippen molar-refractivity contribution in [2.45, 2.75) is 53.1 Å². The van der Waals surface area contributed by atoms with Crippen molar-refractivity contribution in [3.05, 3.63) is 28.3 Å². The molecule has 1 aromatic rings. The summed E-state index contributed by atoms with van der Waals surface area (Å²) in [6, 6.07) is 1.96. The van der Waals surface area contributed by atoms with Crippen molar-refractivity contribution in [1.82, 2.24) is 0 Å². The van der Waals surface area contributed by atoms with Gasteiger partial charge in [-0.1, -0.05) is 26.7 Å². The molecule has 19 heavy (non-hydrogen) atoms. The molecule has 0 fully saturated rings. The van der Waals surface area contributed by atoms with Gasteiger partial charge in [-0.3, -0.25) is 4.79 Å². The fourth-order valence-corrected chi connectivity index (χ4v) is 1.99. The van der Waals surface area contributed by atoms with Crippen molar-refractivity contribution in [3.8, 4) is 18.1 Å². The maximum atomic E-state index is 11.4. The first-order chi connectivity index (χ1) is 8.72. The van der Waals surface area contributed by atoms with Crippen molar-refractivity contribution in [2.75, 3.05) is 0 Å². The van der Waals surface area contributed by atoms with E-state index in [1.165, 1.54) is 0 Å². The SMILES string of the molecule is C#Cc1cc(C(C)(C)C)c(OC(C)C)c(C=O)c1C. The molecule has 0 saturated carbocycles. The van der Waals surface area contributed by atoms with Gasteiger partial charge in [0.1, 0.15) is 5.75 Å². The molecule has 102 valence electrons. The van der Waals surface area contributed by atoms with Crippen LogP contribution in [0.3, 0.4) is 0 Å². The number of rotatable bonds is 3. The quantitative estimate of drug-likeness (QED) is 0.607. The summed E-state index contributed by atoms with van der Waals surface area (Å²) in [6.07, 6.45) is 6.38. The van der Waals surface area contributed by atoms with Crippen LogP contribution < -0.4 is 4.74 Å². The van der Waals surface area contributed by atoms with Gasteiger partial charge in [0.05, 0.1) is 11.7 Å². The fourth-order valence-electron chi connectivity index (χ4n) is 1.99. The van der Waals surface area contributed by atoms with Crippen LogP contribution in [-0.4, -0.2) is 12.4 Å². The van der Waals surface area contributed by atoms with Crippen LogP contribution in [0.2, 0.25) is 0 Å². The zero-order chi connectivity index (χ0) is 14.8. The largest absolute Gasteiger partial charge is 0.490 e. The third-order valence-electron chi connectivity index (χ3n) is 3.02. The van der Waals surface area contributed by atoms with E-state index in [1.807, 2.05) is 26.8 Å². The van der Waals surface area contributed by atoms with Crippen LogP contribution in [-0.2, 0) is 5.41 Å². The van der Waals surface area contributed by atoms with Gasteiger partial charge in [0.25, 0.3) is 0 Å². The molecular formula is C17H22O2. The van der Waals surface area contributed by atoms with E-state index in [0.717, 1.165) is 23.0 Å². The van der Waals surface area contributed by atoms with E-state index >= 15 is 0 Å². The standard InChI is InChI=1S/C17H22O2/c1-8-13-9-15(17(5,6)7)16(19-11(2)3)14(10-18)12(13)4/h1,9-11H,2-7H3. The molecule has 1 aromatic carbocycles. The van der Waals surface area contributed by atoms with Crippen LogP contribution >= 0.6 is 0 Å². The van der Waals surface area contributed by atoms with Crippen molar-refractivity contribution in [3.63, 3.8) is 0 Å².